The van der Waals surface area contributed by atoms with Gasteiger partial charge in [-0.25, -0.2) is 0 Å². The van der Waals surface area contributed by atoms with Gasteiger partial charge in [-0.05, 0) is 24.1 Å². The average molecular weight is 305 g/mol. The first-order chi connectivity index (χ1) is 10.1. The van der Waals surface area contributed by atoms with E-state index in [1.54, 1.807) is 12.1 Å². The Labute approximate surface area is 128 Å². The van der Waals surface area contributed by atoms with Gasteiger partial charge in [0.15, 0.2) is 0 Å². The molecule has 0 saturated heterocycles. The van der Waals surface area contributed by atoms with Crippen molar-refractivity contribution in [3.05, 3.63) is 69.2 Å². The first-order valence-corrected chi connectivity index (χ1v) is 7.25. The number of benzene rings is 2. The van der Waals surface area contributed by atoms with E-state index in [2.05, 4.69) is 12.2 Å². The molecule has 0 saturated carbocycles. The van der Waals surface area contributed by atoms with Crippen LogP contribution >= 0.6 is 11.6 Å². The Bertz CT molecular complexity index is 617. The lowest BCUT2D eigenvalue weighted by Crippen LogP contribution is -2.11. The molecule has 4 nitrogen and oxygen atoms in total. The van der Waals surface area contributed by atoms with Gasteiger partial charge in [-0.1, -0.05) is 55.3 Å². The van der Waals surface area contributed by atoms with Crippen molar-refractivity contribution in [3.8, 4) is 0 Å². The van der Waals surface area contributed by atoms with E-state index in [-0.39, 0.29) is 11.7 Å². The maximum Gasteiger partial charge on any atom is 0.293 e. The van der Waals surface area contributed by atoms with Crippen molar-refractivity contribution in [2.75, 3.05) is 5.32 Å². The molecule has 0 spiro atoms. The molecule has 0 bridgehead atoms. The molecule has 1 unspecified atom stereocenters. The molecule has 5 heteroatoms. The maximum absolute atomic E-state index is 11.2. The highest BCUT2D eigenvalue weighted by molar-refractivity contribution is 6.30. The van der Waals surface area contributed by atoms with Crippen LogP contribution in [0.2, 0.25) is 5.02 Å². The second-order valence-electron chi connectivity index (χ2n) is 4.81. The van der Waals surface area contributed by atoms with Gasteiger partial charge in [-0.15, -0.1) is 0 Å². The summed E-state index contributed by atoms with van der Waals surface area (Å²) in [7, 11) is 0. The number of rotatable bonds is 6. The van der Waals surface area contributed by atoms with Gasteiger partial charge >= 0.3 is 0 Å². The highest BCUT2D eigenvalue weighted by atomic mass is 35.5. The van der Waals surface area contributed by atoms with E-state index in [0.29, 0.717) is 10.7 Å². The molecule has 2 aromatic carbocycles. The first kappa shape index (κ1) is 15.3. The zero-order valence-corrected chi connectivity index (χ0v) is 12.5. The molecule has 0 amide bonds. The topological polar surface area (TPSA) is 55.2 Å². The Morgan fingerprint density at radius 2 is 1.95 bits per heavy atom. The van der Waals surface area contributed by atoms with Gasteiger partial charge in [-0.3, -0.25) is 10.1 Å². The quantitative estimate of drug-likeness (QED) is 0.589. The molecule has 0 heterocycles. The SMILES string of the molecule is CCCC(Nc1ccc(Cl)cc1[N+](=O)[O-])c1ccccc1. The Balaban J connectivity index is 2.31. The summed E-state index contributed by atoms with van der Waals surface area (Å²) in [6.45, 7) is 2.09. The van der Waals surface area contributed by atoms with Crippen LogP contribution in [-0.2, 0) is 0 Å². The van der Waals surface area contributed by atoms with Crippen LogP contribution in [-0.4, -0.2) is 4.92 Å². The molecule has 0 aromatic heterocycles. The number of nitrogens with one attached hydrogen (secondary N) is 1. The van der Waals surface area contributed by atoms with Crippen LogP contribution in [0.4, 0.5) is 11.4 Å². The third-order valence-corrected chi connectivity index (χ3v) is 3.50. The lowest BCUT2D eigenvalue weighted by atomic mass is 10.0. The molecule has 110 valence electrons. The minimum absolute atomic E-state index is 0.000431. The number of anilines is 1. The van der Waals surface area contributed by atoms with Gasteiger partial charge in [0.1, 0.15) is 5.69 Å². The standard InChI is InChI=1S/C16H17ClN2O2/c1-2-6-14(12-7-4-3-5-8-12)18-15-10-9-13(17)11-16(15)19(20)21/h3-5,7-11,14,18H,2,6H2,1H3. The minimum Gasteiger partial charge on any atom is -0.373 e. The van der Waals surface area contributed by atoms with Gasteiger partial charge in [0.2, 0.25) is 0 Å². The van der Waals surface area contributed by atoms with E-state index in [0.717, 1.165) is 18.4 Å². The molecule has 21 heavy (non-hydrogen) atoms. The summed E-state index contributed by atoms with van der Waals surface area (Å²) < 4.78 is 0. The predicted molar refractivity (Wildman–Crippen MR) is 85.8 cm³/mol. The average Bonchev–Trinajstić information content (AvgIpc) is 2.49. The molecule has 0 aliphatic rings. The van der Waals surface area contributed by atoms with Gasteiger partial charge in [0.25, 0.3) is 5.69 Å². The van der Waals surface area contributed by atoms with E-state index >= 15 is 0 Å². The van der Waals surface area contributed by atoms with E-state index in [9.17, 15) is 10.1 Å². The second-order valence-corrected chi connectivity index (χ2v) is 5.25. The summed E-state index contributed by atoms with van der Waals surface area (Å²) in [5.41, 5.74) is 1.61. The molecule has 2 rings (SSSR count). The van der Waals surface area contributed by atoms with E-state index < -0.39 is 4.92 Å². The smallest absolute Gasteiger partial charge is 0.293 e. The van der Waals surface area contributed by atoms with Gasteiger partial charge in [0.05, 0.1) is 11.0 Å². The zero-order chi connectivity index (χ0) is 15.2. The maximum atomic E-state index is 11.2. The van der Waals surface area contributed by atoms with Crippen molar-refractivity contribution >= 4 is 23.0 Å². The number of hydrogen-bond acceptors (Lipinski definition) is 3. The zero-order valence-electron chi connectivity index (χ0n) is 11.8. The van der Waals surface area contributed by atoms with Crippen LogP contribution in [0.15, 0.2) is 48.5 Å². The highest BCUT2D eigenvalue weighted by Gasteiger charge is 2.18. The van der Waals surface area contributed by atoms with Crippen molar-refractivity contribution in [1.82, 2.24) is 0 Å². The number of hydrogen-bond donors (Lipinski definition) is 1. The third-order valence-electron chi connectivity index (χ3n) is 3.27. The largest absolute Gasteiger partial charge is 0.373 e. The van der Waals surface area contributed by atoms with Crippen molar-refractivity contribution in [2.24, 2.45) is 0 Å². The van der Waals surface area contributed by atoms with Crippen LogP contribution in [0.1, 0.15) is 31.4 Å². The highest BCUT2D eigenvalue weighted by Crippen LogP contribution is 2.32. The molecule has 2 aromatic rings. The molecule has 0 fully saturated rings. The molecule has 1 N–H and O–H groups in total. The molecular formula is C16H17ClN2O2. The van der Waals surface area contributed by atoms with Gasteiger partial charge in [0, 0.05) is 11.1 Å². The number of nitro groups is 1. The molecule has 1 atom stereocenters. The summed E-state index contributed by atoms with van der Waals surface area (Å²) in [6.07, 6.45) is 1.87. The normalized spacial score (nSPS) is 11.9. The Kier molecular flexibility index (Phi) is 5.17. The first-order valence-electron chi connectivity index (χ1n) is 6.87. The Morgan fingerprint density at radius 3 is 2.57 bits per heavy atom. The van der Waals surface area contributed by atoms with E-state index in [1.165, 1.54) is 6.07 Å². The van der Waals surface area contributed by atoms with Crippen LogP contribution < -0.4 is 5.32 Å². The fourth-order valence-electron chi connectivity index (χ4n) is 2.26. The summed E-state index contributed by atoms with van der Waals surface area (Å²) >= 11 is 5.84. The fraction of sp³-hybridized carbons (Fsp3) is 0.250. The molecular weight excluding hydrogens is 288 g/mol. The number of nitrogens with zero attached hydrogens (tertiary/aromatic N) is 1. The lowest BCUT2D eigenvalue weighted by Gasteiger charge is -2.20. The fourth-order valence-corrected chi connectivity index (χ4v) is 2.43. The lowest BCUT2D eigenvalue weighted by molar-refractivity contribution is -0.384. The number of halogens is 1. The monoisotopic (exact) mass is 304 g/mol. The van der Waals surface area contributed by atoms with Crippen molar-refractivity contribution in [3.63, 3.8) is 0 Å². The molecule has 0 aliphatic heterocycles. The van der Waals surface area contributed by atoms with Crippen molar-refractivity contribution in [1.29, 1.82) is 0 Å². The summed E-state index contributed by atoms with van der Waals surface area (Å²) in [5.74, 6) is 0. The van der Waals surface area contributed by atoms with Crippen LogP contribution in [0.3, 0.4) is 0 Å². The Hall–Kier alpha value is -2.07. The third kappa shape index (κ3) is 3.95. The molecule has 0 radical (unpaired) electrons. The van der Waals surface area contributed by atoms with Gasteiger partial charge in [-0.2, -0.15) is 0 Å². The van der Waals surface area contributed by atoms with E-state index in [1.807, 2.05) is 30.3 Å². The van der Waals surface area contributed by atoms with Crippen molar-refractivity contribution in [2.45, 2.75) is 25.8 Å². The van der Waals surface area contributed by atoms with Gasteiger partial charge < -0.3 is 5.32 Å². The number of nitro benzene ring substituents is 1. The second kappa shape index (κ2) is 7.09. The van der Waals surface area contributed by atoms with Crippen molar-refractivity contribution < 1.29 is 4.92 Å². The summed E-state index contributed by atoms with van der Waals surface area (Å²) in [6, 6.07) is 14.7. The Morgan fingerprint density at radius 1 is 1.24 bits per heavy atom. The van der Waals surface area contributed by atoms with Crippen LogP contribution in [0.25, 0.3) is 0 Å². The van der Waals surface area contributed by atoms with Crippen LogP contribution in [0.5, 0.6) is 0 Å². The summed E-state index contributed by atoms with van der Waals surface area (Å²) in [4.78, 5) is 10.7. The van der Waals surface area contributed by atoms with Crippen LogP contribution in [0, 0.1) is 10.1 Å². The minimum atomic E-state index is -0.414. The molecule has 0 aliphatic carbocycles. The van der Waals surface area contributed by atoms with E-state index in [4.69, 9.17) is 11.6 Å². The summed E-state index contributed by atoms with van der Waals surface area (Å²) in [5, 5.41) is 14.8. The predicted octanol–water partition coefficient (Wildman–Crippen LogP) is 5.20.